The molecular formula is C12H27OSi. The molecule has 85 valence electrons. The standard InChI is InChI=1S/C12H27OSi/c1-10(2,3)9-13-14-12(7,8)11(4,5)6/h1,9,14H2,2-8H3. The quantitative estimate of drug-likeness (QED) is 0.655. The van der Waals surface area contributed by atoms with Crippen LogP contribution in [0.25, 0.3) is 0 Å². The summed E-state index contributed by atoms with van der Waals surface area (Å²) in [6, 6.07) is 0. The normalized spacial score (nSPS) is 15.4. The molecule has 0 spiro atoms. The molecule has 0 aliphatic carbocycles. The number of hydrogen-bond acceptors (Lipinski definition) is 1. The van der Waals surface area contributed by atoms with E-state index in [0.29, 0.717) is 10.5 Å². The second-order valence-electron chi connectivity index (χ2n) is 6.79. The molecule has 0 saturated heterocycles. The molecule has 0 heterocycles. The van der Waals surface area contributed by atoms with Gasteiger partial charge in [-0.1, -0.05) is 48.5 Å². The van der Waals surface area contributed by atoms with Crippen LogP contribution in [-0.2, 0) is 4.43 Å². The van der Waals surface area contributed by atoms with Crippen LogP contribution in [0.2, 0.25) is 5.04 Å². The Labute approximate surface area is 92.6 Å². The first-order valence-corrected chi connectivity index (χ1v) is 6.67. The third-order valence-corrected chi connectivity index (χ3v) is 5.18. The Morgan fingerprint density at radius 1 is 1.00 bits per heavy atom. The molecule has 0 bridgehead atoms. The molecule has 0 aromatic rings. The molecule has 0 atom stereocenters. The molecule has 0 amide bonds. The predicted octanol–water partition coefficient (Wildman–Crippen LogP) is 3.19. The lowest BCUT2D eigenvalue weighted by molar-refractivity contribution is 0.196. The van der Waals surface area contributed by atoms with Crippen molar-refractivity contribution in [2.24, 2.45) is 10.8 Å². The van der Waals surface area contributed by atoms with E-state index in [-0.39, 0.29) is 5.41 Å². The molecule has 0 unspecified atom stereocenters. The van der Waals surface area contributed by atoms with Gasteiger partial charge in [-0.05, 0) is 22.8 Å². The molecule has 0 N–H and O–H groups in total. The predicted molar refractivity (Wildman–Crippen MR) is 67.1 cm³/mol. The summed E-state index contributed by atoms with van der Waals surface area (Å²) < 4.78 is 5.87. The van der Waals surface area contributed by atoms with Gasteiger partial charge in [-0.3, -0.25) is 0 Å². The van der Waals surface area contributed by atoms with Crippen molar-refractivity contribution in [3.05, 3.63) is 6.92 Å². The van der Waals surface area contributed by atoms with Gasteiger partial charge in [-0.15, -0.1) is 0 Å². The summed E-state index contributed by atoms with van der Waals surface area (Å²) >= 11 is 0. The summed E-state index contributed by atoms with van der Waals surface area (Å²) in [4.78, 5) is 0. The van der Waals surface area contributed by atoms with Crippen LogP contribution in [0.1, 0.15) is 48.5 Å². The van der Waals surface area contributed by atoms with Gasteiger partial charge in [-0.25, -0.2) is 0 Å². The minimum atomic E-state index is -0.485. The van der Waals surface area contributed by atoms with Crippen molar-refractivity contribution in [1.82, 2.24) is 0 Å². The van der Waals surface area contributed by atoms with Crippen molar-refractivity contribution in [2.45, 2.75) is 53.5 Å². The van der Waals surface area contributed by atoms with Crippen molar-refractivity contribution in [1.29, 1.82) is 0 Å². The Hall–Kier alpha value is 0.177. The molecule has 0 saturated carbocycles. The second-order valence-corrected chi connectivity index (χ2v) is 9.26. The van der Waals surface area contributed by atoms with Crippen LogP contribution in [0.5, 0.6) is 0 Å². The van der Waals surface area contributed by atoms with Gasteiger partial charge in [0.15, 0.2) is 9.76 Å². The topological polar surface area (TPSA) is 9.23 Å². The maximum absolute atomic E-state index is 5.87. The van der Waals surface area contributed by atoms with Crippen molar-refractivity contribution >= 4 is 9.76 Å². The minimum absolute atomic E-state index is 0.0565. The van der Waals surface area contributed by atoms with E-state index in [1.165, 1.54) is 0 Å². The van der Waals surface area contributed by atoms with Crippen LogP contribution in [0.15, 0.2) is 0 Å². The molecule has 0 aliphatic rings. The van der Waals surface area contributed by atoms with Gasteiger partial charge in [-0.2, -0.15) is 0 Å². The largest absolute Gasteiger partial charge is 0.423 e. The average molecular weight is 215 g/mol. The Bertz CT molecular complexity index is 172. The fourth-order valence-corrected chi connectivity index (χ4v) is 2.40. The van der Waals surface area contributed by atoms with Gasteiger partial charge in [0.1, 0.15) is 0 Å². The lowest BCUT2D eigenvalue weighted by Gasteiger charge is -2.38. The Morgan fingerprint density at radius 3 is 1.71 bits per heavy atom. The summed E-state index contributed by atoms with van der Waals surface area (Å²) in [5.74, 6) is 0. The van der Waals surface area contributed by atoms with E-state index >= 15 is 0 Å². The van der Waals surface area contributed by atoms with Crippen LogP contribution >= 0.6 is 0 Å². The Balaban J connectivity index is 4.02. The summed E-state index contributed by atoms with van der Waals surface area (Å²) in [7, 11) is -0.485. The van der Waals surface area contributed by atoms with Crippen LogP contribution in [0.3, 0.4) is 0 Å². The van der Waals surface area contributed by atoms with E-state index in [0.717, 1.165) is 6.61 Å². The highest BCUT2D eigenvalue weighted by molar-refractivity contribution is 6.32. The van der Waals surface area contributed by atoms with Crippen LogP contribution in [0, 0.1) is 17.8 Å². The third-order valence-electron chi connectivity index (χ3n) is 2.99. The average Bonchev–Trinajstić information content (AvgIpc) is 1.80. The zero-order valence-electron chi connectivity index (χ0n) is 11.0. The van der Waals surface area contributed by atoms with Gasteiger partial charge in [0.25, 0.3) is 0 Å². The van der Waals surface area contributed by atoms with E-state index in [1.807, 2.05) is 0 Å². The zero-order valence-corrected chi connectivity index (χ0v) is 12.4. The molecule has 1 radical (unpaired) electrons. The molecule has 0 aromatic heterocycles. The van der Waals surface area contributed by atoms with Gasteiger partial charge < -0.3 is 4.43 Å². The zero-order chi connectivity index (χ0) is 11.6. The monoisotopic (exact) mass is 215 g/mol. The minimum Gasteiger partial charge on any atom is -0.423 e. The highest BCUT2D eigenvalue weighted by Crippen LogP contribution is 2.43. The molecule has 0 aromatic carbocycles. The Kier molecular flexibility index (Phi) is 4.41. The van der Waals surface area contributed by atoms with E-state index in [2.05, 4.69) is 55.4 Å². The van der Waals surface area contributed by atoms with Gasteiger partial charge in [0, 0.05) is 6.61 Å². The summed E-state index contributed by atoms with van der Waals surface area (Å²) in [5, 5.41) is 0.345. The molecule has 2 heteroatoms. The number of hydrogen-bond donors (Lipinski definition) is 0. The fourth-order valence-electron chi connectivity index (χ4n) is 0.799. The van der Waals surface area contributed by atoms with Gasteiger partial charge in [0.2, 0.25) is 0 Å². The summed E-state index contributed by atoms with van der Waals surface area (Å²) in [5.41, 5.74) is 0.394. The van der Waals surface area contributed by atoms with Crippen LogP contribution in [0.4, 0.5) is 0 Å². The van der Waals surface area contributed by atoms with Crippen molar-refractivity contribution in [3.63, 3.8) is 0 Å². The summed E-state index contributed by atoms with van der Waals surface area (Å²) in [6.45, 7) is 20.6. The SMILES string of the molecule is [CH2]C(C)(C)CO[SiH2]C(C)(C)C(C)(C)C. The van der Waals surface area contributed by atoms with Crippen LogP contribution in [-0.4, -0.2) is 16.4 Å². The van der Waals surface area contributed by atoms with E-state index in [4.69, 9.17) is 4.43 Å². The Morgan fingerprint density at radius 2 is 1.43 bits per heavy atom. The van der Waals surface area contributed by atoms with E-state index in [9.17, 15) is 0 Å². The fraction of sp³-hybridized carbons (Fsp3) is 0.917. The molecule has 1 nitrogen and oxygen atoms in total. The molecule has 14 heavy (non-hydrogen) atoms. The highest BCUT2D eigenvalue weighted by Gasteiger charge is 2.33. The lowest BCUT2D eigenvalue weighted by Crippen LogP contribution is -2.32. The van der Waals surface area contributed by atoms with Gasteiger partial charge >= 0.3 is 0 Å². The lowest BCUT2D eigenvalue weighted by atomic mass is 9.82. The summed E-state index contributed by atoms with van der Waals surface area (Å²) in [6.07, 6.45) is 0. The number of rotatable bonds is 4. The highest BCUT2D eigenvalue weighted by atomic mass is 28.2. The van der Waals surface area contributed by atoms with Crippen molar-refractivity contribution < 1.29 is 4.43 Å². The maximum Gasteiger partial charge on any atom is 0.167 e. The van der Waals surface area contributed by atoms with E-state index in [1.54, 1.807) is 0 Å². The van der Waals surface area contributed by atoms with E-state index < -0.39 is 9.76 Å². The van der Waals surface area contributed by atoms with Crippen molar-refractivity contribution in [2.75, 3.05) is 6.61 Å². The molecule has 0 fully saturated rings. The maximum atomic E-state index is 5.87. The van der Waals surface area contributed by atoms with Crippen molar-refractivity contribution in [3.8, 4) is 0 Å². The van der Waals surface area contributed by atoms with Crippen LogP contribution < -0.4 is 0 Å². The first kappa shape index (κ1) is 14.2. The smallest absolute Gasteiger partial charge is 0.167 e. The van der Waals surface area contributed by atoms with Gasteiger partial charge in [0.05, 0.1) is 0 Å². The second kappa shape index (κ2) is 4.36. The first-order valence-electron chi connectivity index (χ1n) is 5.39. The molecule has 0 rings (SSSR count). The first-order chi connectivity index (χ1) is 5.96. The molecular weight excluding hydrogens is 188 g/mol. The third kappa shape index (κ3) is 5.16. The molecule has 0 aliphatic heterocycles.